The topological polar surface area (TPSA) is 94.4 Å². The zero-order valence-corrected chi connectivity index (χ0v) is 16.2. The number of aromatic nitrogens is 3. The highest BCUT2D eigenvalue weighted by atomic mass is 32.1. The Morgan fingerprint density at radius 3 is 2.68 bits per heavy atom. The highest BCUT2D eigenvalue weighted by Crippen LogP contribution is 2.30. The molecule has 0 spiro atoms. The first-order valence-corrected chi connectivity index (χ1v) is 9.66. The van der Waals surface area contributed by atoms with E-state index < -0.39 is 30.1 Å². The van der Waals surface area contributed by atoms with Crippen LogP contribution in [0.5, 0.6) is 0 Å². The van der Waals surface area contributed by atoms with E-state index >= 15 is 0 Å². The number of anilines is 2. The summed E-state index contributed by atoms with van der Waals surface area (Å²) in [4.78, 5) is 14.4. The molecule has 1 saturated heterocycles. The van der Waals surface area contributed by atoms with E-state index in [4.69, 9.17) is 0 Å². The van der Waals surface area contributed by atoms with Gasteiger partial charge in [-0.15, -0.1) is 11.3 Å². The quantitative estimate of drug-likeness (QED) is 0.686. The zero-order chi connectivity index (χ0) is 20.5. The summed E-state index contributed by atoms with van der Waals surface area (Å²) in [6.07, 6.45) is -2.40. The lowest BCUT2D eigenvalue weighted by molar-refractivity contribution is -0.141. The number of hydrogen-bond donors (Lipinski definition) is 3. The number of aliphatic hydroxyl groups excluding tert-OH is 2. The molecule has 7 nitrogen and oxygen atoms in total. The highest BCUT2D eigenvalue weighted by molar-refractivity contribution is 7.15. The van der Waals surface area contributed by atoms with Gasteiger partial charge >= 0.3 is 6.18 Å². The van der Waals surface area contributed by atoms with Gasteiger partial charge in [-0.05, 0) is 12.3 Å². The fraction of sp³-hybridized carbons (Fsp3) is 0.588. The van der Waals surface area contributed by atoms with Gasteiger partial charge in [-0.3, -0.25) is 4.98 Å². The molecule has 0 aromatic carbocycles. The lowest BCUT2D eigenvalue weighted by Crippen LogP contribution is -2.58. The van der Waals surface area contributed by atoms with Gasteiger partial charge in [-0.25, -0.2) is 9.97 Å². The predicted octanol–water partition coefficient (Wildman–Crippen LogP) is 2.17. The molecular formula is C17H22F3N5O2S. The summed E-state index contributed by atoms with van der Waals surface area (Å²) in [6.45, 7) is 4.65. The molecule has 0 bridgehead atoms. The minimum atomic E-state index is -4.62. The van der Waals surface area contributed by atoms with Crippen LogP contribution >= 0.6 is 11.3 Å². The molecule has 0 saturated carbocycles. The first-order valence-electron chi connectivity index (χ1n) is 8.85. The summed E-state index contributed by atoms with van der Waals surface area (Å²) in [5, 5.41) is 24.0. The highest BCUT2D eigenvalue weighted by Gasteiger charge is 2.37. The van der Waals surface area contributed by atoms with Crippen LogP contribution in [0.4, 0.5) is 24.1 Å². The Morgan fingerprint density at radius 1 is 1.25 bits per heavy atom. The van der Waals surface area contributed by atoms with Crippen LogP contribution in [0.2, 0.25) is 0 Å². The van der Waals surface area contributed by atoms with Gasteiger partial charge in [0.15, 0.2) is 10.8 Å². The summed E-state index contributed by atoms with van der Waals surface area (Å²) in [6, 6.07) is -0.737. The van der Waals surface area contributed by atoms with Gasteiger partial charge in [0.25, 0.3) is 0 Å². The Balaban J connectivity index is 1.75. The van der Waals surface area contributed by atoms with Crippen LogP contribution in [0, 0.1) is 5.92 Å². The second-order valence-corrected chi connectivity index (χ2v) is 8.30. The normalized spacial score (nSPS) is 23.3. The Labute approximate surface area is 164 Å². The smallest absolute Gasteiger partial charge is 0.388 e. The van der Waals surface area contributed by atoms with Crippen LogP contribution in [0.15, 0.2) is 18.6 Å². The van der Waals surface area contributed by atoms with Crippen molar-refractivity contribution in [1.82, 2.24) is 15.0 Å². The van der Waals surface area contributed by atoms with Crippen molar-refractivity contribution in [2.45, 2.75) is 44.7 Å². The van der Waals surface area contributed by atoms with Gasteiger partial charge in [-0.1, -0.05) is 13.8 Å². The maximum Gasteiger partial charge on any atom is 0.434 e. The van der Waals surface area contributed by atoms with Crippen LogP contribution < -0.4 is 10.2 Å². The monoisotopic (exact) mass is 417 g/mol. The molecular weight excluding hydrogens is 395 g/mol. The number of β-amino-alcohol motifs (C(OH)–C–C–N with tert-alkyl or cyclic N) is 1. The largest absolute Gasteiger partial charge is 0.434 e. The fourth-order valence-electron chi connectivity index (χ4n) is 3.01. The van der Waals surface area contributed by atoms with Gasteiger partial charge in [0.1, 0.15) is 11.9 Å². The predicted molar refractivity (Wildman–Crippen MR) is 99.3 cm³/mol. The average molecular weight is 417 g/mol. The lowest BCUT2D eigenvalue weighted by Gasteiger charge is -2.39. The molecule has 0 radical (unpaired) electrons. The maximum absolute atomic E-state index is 12.8. The molecule has 154 valence electrons. The van der Waals surface area contributed by atoms with Crippen molar-refractivity contribution in [3.63, 3.8) is 0 Å². The molecule has 0 aliphatic carbocycles. The number of halogens is 3. The number of nitrogens with one attached hydrogen (secondary N) is 1. The van der Waals surface area contributed by atoms with Crippen molar-refractivity contribution in [3.8, 4) is 0 Å². The second-order valence-electron chi connectivity index (χ2n) is 7.21. The zero-order valence-electron chi connectivity index (χ0n) is 15.4. The van der Waals surface area contributed by atoms with Crippen molar-refractivity contribution in [2.75, 3.05) is 23.3 Å². The first kappa shape index (κ1) is 20.7. The minimum absolute atomic E-state index is 0.118. The number of nitrogens with zero attached hydrogens (tertiary/aromatic N) is 4. The summed E-state index contributed by atoms with van der Waals surface area (Å²) < 4.78 is 38.5. The Morgan fingerprint density at radius 2 is 2.00 bits per heavy atom. The number of thiazole rings is 1. The van der Waals surface area contributed by atoms with E-state index in [0.717, 1.165) is 17.5 Å². The van der Waals surface area contributed by atoms with E-state index in [1.807, 2.05) is 4.90 Å². The van der Waals surface area contributed by atoms with Gasteiger partial charge < -0.3 is 20.4 Å². The minimum Gasteiger partial charge on any atom is -0.388 e. The van der Waals surface area contributed by atoms with Crippen LogP contribution in [0.25, 0.3) is 0 Å². The molecule has 3 atom stereocenters. The lowest BCUT2D eigenvalue weighted by atomic mass is 10.00. The average Bonchev–Trinajstić information content (AvgIpc) is 3.06. The molecule has 0 amide bonds. The number of piperidine rings is 1. The van der Waals surface area contributed by atoms with E-state index in [0.29, 0.717) is 17.2 Å². The van der Waals surface area contributed by atoms with Gasteiger partial charge in [0, 0.05) is 24.2 Å². The van der Waals surface area contributed by atoms with Crippen LogP contribution in [0.1, 0.15) is 24.4 Å². The SMILES string of the molecule is CC(C)Cc1cnc(N2C[C@H](Nc3cncc(C(F)(F)F)n3)[C@@H](O)[C@@H](O)C2)s1. The van der Waals surface area contributed by atoms with Crippen molar-refractivity contribution < 1.29 is 23.4 Å². The van der Waals surface area contributed by atoms with Crippen molar-refractivity contribution in [1.29, 1.82) is 0 Å². The summed E-state index contributed by atoms with van der Waals surface area (Å²) in [5.41, 5.74) is -1.13. The van der Waals surface area contributed by atoms with Crippen molar-refractivity contribution >= 4 is 22.3 Å². The van der Waals surface area contributed by atoms with Crippen LogP contribution in [0.3, 0.4) is 0 Å². The molecule has 0 unspecified atom stereocenters. The molecule has 1 fully saturated rings. The first-order chi connectivity index (χ1) is 13.1. The third-order valence-corrected chi connectivity index (χ3v) is 5.39. The summed E-state index contributed by atoms with van der Waals surface area (Å²) >= 11 is 1.50. The number of alkyl halides is 3. The molecule has 1 aliphatic rings. The Bertz CT molecular complexity index is 801. The maximum atomic E-state index is 12.8. The Kier molecular flexibility index (Phi) is 6.06. The van der Waals surface area contributed by atoms with E-state index in [1.165, 1.54) is 11.3 Å². The molecule has 3 heterocycles. The van der Waals surface area contributed by atoms with Gasteiger partial charge in [-0.2, -0.15) is 13.2 Å². The van der Waals surface area contributed by atoms with Crippen LogP contribution in [-0.4, -0.2) is 56.5 Å². The molecule has 28 heavy (non-hydrogen) atoms. The summed E-state index contributed by atoms with van der Waals surface area (Å²) in [7, 11) is 0. The number of rotatable bonds is 5. The number of hydrogen-bond acceptors (Lipinski definition) is 8. The van der Waals surface area contributed by atoms with Crippen molar-refractivity contribution in [2.24, 2.45) is 5.92 Å². The third kappa shape index (κ3) is 4.89. The molecule has 1 aliphatic heterocycles. The van der Waals surface area contributed by atoms with E-state index in [-0.39, 0.29) is 18.9 Å². The standard InChI is InChI=1S/C17H22F3N5O2S/c1-9(2)3-10-4-22-16(28-10)25-7-11(15(27)12(26)8-25)23-14-6-21-5-13(24-14)17(18,19)20/h4-6,9,11-12,15,26-27H,3,7-8H2,1-2H3,(H,23,24)/t11-,12-,15+/m0/s1. The second kappa shape index (κ2) is 8.18. The van der Waals surface area contributed by atoms with Gasteiger partial charge in [0.05, 0.1) is 24.5 Å². The molecule has 2 aromatic heterocycles. The fourth-order valence-corrected chi connectivity index (χ4v) is 4.15. The van der Waals surface area contributed by atoms with E-state index in [1.54, 1.807) is 6.20 Å². The summed E-state index contributed by atoms with van der Waals surface area (Å²) in [5.74, 6) is 0.364. The molecule has 3 N–H and O–H groups in total. The Hall–Kier alpha value is -1.98. The van der Waals surface area contributed by atoms with Crippen molar-refractivity contribution in [3.05, 3.63) is 29.2 Å². The third-order valence-electron chi connectivity index (χ3n) is 4.31. The molecule has 2 aromatic rings. The number of aliphatic hydroxyl groups is 2. The van der Waals surface area contributed by atoms with E-state index in [2.05, 4.69) is 34.1 Å². The van der Waals surface area contributed by atoms with Gasteiger partial charge in [0.2, 0.25) is 0 Å². The van der Waals surface area contributed by atoms with E-state index in [9.17, 15) is 23.4 Å². The molecule has 11 heteroatoms. The van der Waals surface area contributed by atoms with Crippen LogP contribution in [-0.2, 0) is 12.6 Å². The molecule has 3 rings (SSSR count).